The van der Waals surface area contributed by atoms with E-state index in [9.17, 15) is 8.78 Å². The van der Waals surface area contributed by atoms with Gasteiger partial charge in [0.25, 0.3) is 0 Å². The summed E-state index contributed by atoms with van der Waals surface area (Å²) in [6, 6.07) is 3.75. The van der Waals surface area contributed by atoms with Crippen LogP contribution in [0.3, 0.4) is 0 Å². The molecule has 0 aliphatic rings. The van der Waals surface area contributed by atoms with Crippen molar-refractivity contribution < 1.29 is 8.78 Å². The summed E-state index contributed by atoms with van der Waals surface area (Å²) in [7, 11) is 2.09. The van der Waals surface area contributed by atoms with Gasteiger partial charge in [-0.3, -0.25) is 0 Å². The molecule has 0 saturated carbocycles. The maximum Gasteiger partial charge on any atom is 0.126 e. The van der Waals surface area contributed by atoms with E-state index in [2.05, 4.69) is 31.1 Å². The highest BCUT2D eigenvalue weighted by atomic mass is 19.1. The molecule has 0 bridgehead atoms. The molecular formula is C17H28F2N2. The highest BCUT2D eigenvalue weighted by molar-refractivity contribution is 5.21. The Morgan fingerprint density at radius 3 is 2.14 bits per heavy atom. The Morgan fingerprint density at radius 1 is 1.05 bits per heavy atom. The van der Waals surface area contributed by atoms with E-state index in [-0.39, 0.29) is 6.04 Å². The first-order valence-electron chi connectivity index (χ1n) is 7.80. The van der Waals surface area contributed by atoms with Gasteiger partial charge in [-0.05, 0) is 63.1 Å². The summed E-state index contributed by atoms with van der Waals surface area (Å²) < 4.78 is 26.7. The molecule has 0 amide bonds. The van der Waals surface area contributed by atoms with Crippen molar-refractivity contribution in [2.75, 3.05) is 26.7 Å². The van der Waals surface area contributed by atoms with Gasteiger partial charge in [0.05, 0.1) is 0 Å². The van der Waals surface area contributed by atoms with Crippen LogP contribution in [0.15, 0.2) is 18.2 Å². The molecule has 1 aromatic rings. The maximum atomic E-state index is 13.4. The molecule has 2 nitrogen and oxygen atoms in total. The zero-order valence-corrected chi connectivity index (χ0v) is 13.6. The Kier molecular flexibility index (Phi) is 7.83. The van der Waals surface area contributed by atoms with Gasteiger partial charge < -0.3 is 10.2 Å². The summed E-state index contributed by atoms with van der Waals surface area (Å²) >= 11 is 0. The van der Waals surface area contributed by atoms with Gasteiger partial charge in [-0.25, -0.2) is 8.78 Å². The van der Waals surface area contributed by atoms with Gasteiger partial charge in [-0.15, -0.1) is 0 Å². The minimum absolute atomic E-state index is 0.0123. The summed E-state index contributed by atoms with van der Waals surface area (Å²) in [4.78, 5) is 2.28. The molecule has 0 radical (unpaired) electrons. The molecule has 120 valence electrons. The number of nitrogens with one attached hydrogen (secondary N) is 1. The Labute approximate surface area is 127 Å². The van der Waals surface area contributed by atoms with Crippen molar-refractivity contribution in [2.24, 2.45) is 5.92 Å². The molecule has 0 aliphatic carbocycles. The van der Waals surface area contributed by atoms with Gasteiger partial charge in [-0.2, -0.15) is 0 Å². The Morgan fingerprint density at radius 2 is 1.62 bits per heavy atom. The van der Waals surface area contributed by atoms with Gasteiger partial charge >= 0.3 is 0 Å². The van der Waals surface area contributed by atoms with Crippen LogP contribution in [0.5, 0.6) is 0 Å². The van der Waals surface area contributed by atoms with Gasteiger partial charge in [0.2, 0.25) is 0 Å². The van der Waals surface area contributed by atoms with Crippen LogP contribution in [0.25, 0.3) is 0 Å². The molecule has 0 aliphatic heterocycles. The van der Waals surface area contributed by atoms with Crippen molar-refractivity contribution in [3.8, 4) is 0 Å². The predicted molar refractivity (Wildman–Crippen MR) is 84.3 cm³/mol. The van der Waals surface area contributed by atoms with Crippen LogP contribution in [0.2, 0.25) is 0 Å². The molecule has 1 N–H and O–H groups in total. The Hall–Kier alpha value is -1.00. The SMILES string of the molecule is CCNC(CCN(C)CCC(C)C)c1cc(F)cc(F)c1. The summed E-state index contributed by atoms with van der Waals surface area (Å²) in [6.07, 6.45) is 2.00. The average Bonchev–Trinajstić information content (AvgIpc) is 2.40. The van der Waals surface area contributed by atoms with Gasteiger partial charge in [0.1, 0.15) is 11.6 Å². The molecule has 1 rings (SSSR count). The number of rotatable bonds is 9. The van der Waals surface area contributed by atoms with E-state index in [1.54, 1.807) is 0 Å². The number of nitrogens with zero attached hydrogens (tertiary/aromatic N) is 1. The van der Waals surface area contributed by atoms with Crippen LogP contribution in [0.4, 0.5) is 8.78 Å². The summed E-state index contributed by atoms with van der Waals surface area (Å²) in [5, 5.41) is 3.31. The molecule has 21 heavy (non-hydrogen) atoms. The van der Waals surface area contributed by atoms with E-state index in [0.717, 1.165) is 38.5 Å². The highest BCUT2D eigenvalue weighted by Gasteiger charge is 2.13. The summed E-state index contributed by atoms with van der Waals surface area (Å²) in [5.74, 6) is -0.337. The molecule has 1 aromatic carbocycles. The van der Waals surface area contributed by atoms with Crippen molar-refractivity contribution >= 4 is 0 Å². The average molecular weight is 298 g/mol. The van der Waals surface area contributed by atoms with Gasteiger partial charge in [0, 0.05) is 12.1 Å². The van der Waals surface area contributed by atoms with Gasteiger partial charge in [0.15, 0.2) is 0 Å². The largest absolute Gasteiger partial charge is 0.310 e. The number of halogens is 2. The topological polar surface area (TPSA) is 15.3 Å². The van der Waals surface area contributed by atoms with Crippen molar-refractivity contribution in [1.29, 1.82) is 0 Å². The minimum Gasteiger partial charge on any atom is -0.310 e. The Balaban J connectivity index is 2.60. The maximum absolute atomic E-state index is 13.4. The third-order valence-electron chi connectivity index (χ3n) is 3.63. The molecule has 0 spiro atoms. The molecule has 0 aromatic heterocycles. The standard InChI is InChI=1S/C17H28F2N2/c1-5-20-17(7-9-21(4)8-6-13(2)3)14-10-15(18)12-16(19)11-14/h10-13,17,20H,5-9H2,1-4H3. The third kappa shape index (κ3) is 7.00. The lowest BCUT2D eigenvalue weighted by molar-refractivity contribution is 0.290. The summed E-state index contributed by atoms with van der Waals surface area (Å²) in [5.41, 5.74) is 0.687. The highest BCUT2D eigenvalue weighted by Crippen LogP contribution is 2.20. The normalized spacial score (nSPS) is 13.1. The molecule has 1 atom stereocenters. The lowest BCUT2D eigenvalue weighted by atomic mass is 10.0. The first-order chi connectivity index (χ1) is 9.92. The van der Waals surface area contributed by atoms with Crippen LogP contribution in [0.1, 0.15) is 45.2 Å². The lowest BCUT2D eigenvalue weighted by Crippen LogP contribution is -2.28. The van der Waals surface area contributed by atoms with Crippen molar-refractivity contribution in [3.05, 3.63) is 35.4 Å². The lowest BCUT2D eigenvalue weighted by Gasteiger charge is -2.23. The molecular weight excluding hydrogens is 270 g/mol. The minimum atomic E-state index is -0.513. The second-order valence-electron chi connectivity index (χ2n) is 6.09. The van der Waals surface area contributed by atoms with E-state index in [0.29, 0.717) is 11.5 Å². The van der Waals surface area contributed by atoms with Crippen LogP contribution in [-0.2, 0) is 0 Å². The van der Waals surface area contributed by atoms with Crippen LogP contribution in [0, 0.1) is 17.6 Å². The first kappa shape index (κ1) is 18.1. The molecule has 4 heteroatoms. The van der Waals surface area contributed by atoms with Gasteiger partial charge in [-0.1, -0.05) is 20.8 Å². The summed E-state index contributed by atoms with van der Waals surface area (Å²) in [6.45, 7) is 9.16. The quantitative estimate of drug-likeness (QED) is 0.742. The Bertz CT molecular complexity index is 401. The number of hydrogen-bond acceptors (Lipinski definition) is 2. The van der Waals surface area contributed by atoms with Crippen LogP contribution >= 0.6 is 0 Å². The fourth-order valence-electron chi connectivity index (χ4n) is 2.35. The number of benzene rings is 1. The second kappa shape index (κ2) is 9.11. The smallest absolute Gasteiger partial charge is 0.126 e. The molecule has 1 unspecified atom stereocenters. The fraction of sp³-hybridized carbons (Fsp3) is 0.647. The van der Waals surface area contributed by atoms with E-state index in [1.165, 1.54) is 12.1 Å². The van der Waals surface area contributed by atoms with Crippen molar-refractivity contribution in [3.63, 3.8) is 0 Å². The van der Waals surface area contributed by atoms with E-state index >= 15 is 0 Å². The zero-order chi connectivity index (χ0) is 15.8. The van der Waals surface area contributed by atoms with Crippen molar-refractivity contribution in [2.45, 2.75) is 39.7 Å². The zero-order valence-electron chi connectivity index (χ0n) is 13.6. The second-order valence-corrected chi connectivity index (χ2v) is 6.09. The number of hydrogen-bond donors (Lipinski definition) is 1. The van der Waals surface area contributed by atoms with E-state index in [4.69, 9.17) is 0 Å². The fourth-order valence-corrected chi connectivity index (χ4v) is 2.35. The predicted octanol–water partition coefficient (Wildman–Crippen LogP) is 3.98. The van der Waals surface area contributed by atoms with Crippen LogP contribution in [-0.4, -0.2) is 31.6 Å². The first-order valence-corrected chi connectivity index (χ1v) is 7.80. The molecule has 0 fully saturated rings. The third-order valence-corrected chi connectivity index (χ3v) is 3.63. The molecule has 0 saturated heterocycles. The van der Waals surface area contributed by atoms with Crippen LogP contribution < -0.4 is 5.32 Å². The van der Waals surface area contributed by atoms with Crippen molar-refractivity contribution in [1.82, 2.24) is 10.2 Å². The van der Waals surface area contributed by atoms with E-state index < -0.39 is 11.6 Å². The molecule has 0 heterocycles. The van der Waals surface area contributed by atoms with E-state index in [1.807, 2.05) is 6.92 Å². The monoisotopic (exact) mass is 298 g/mol.